The predicted octanol–water partition coefficient (Wildman–Crippen LogP) is 1.03. The highest BCUT2D eigenvalue weighted by molar-refractivity contribution is 6.08. The van der Waals surface area contributed by atoms with E-state index in [0.717, 1.165) is 41.7 Å². The molecule has 0 unspecified atom stereocenters. The Kier molecular flexibility index (Phi) is 5.84. The summed E-state index contributed by atoms with van der Waals surface area (Å²) in [6.07, 6.45) is 0. The fraction of sp³-hybridized carbons (Fsp3) is 0.375. The van der Waals surface area contributed by atoms with Crippen molar-refractivity contribution < 1.29 is 23.9 Å². The van der Waals surface area contributed by atoms with Gasteiger partial charge in [-0.3, -0.25) is 24.8 Å². The van der Waals surface area contributed by atoms with Crippen LogP contribution >= 0.6 is 0 Å². The average Bonchev–Trinajstić information content (AvgIpc) is 3.39. The lowest BCUT2D eigenvalue weighted by Crippen LogP contribution is -2.53. The van der Waals surface area contributed by atoms with Gasteiger partial charge in [-0.05, 0) is 30.2 Å². The van der Waals surface area contributed by atoms with Gasteiger partial charge in [0.05, 0.1) is 6.54 Å². The van der Waals surface area contributed by atoms with Crippen molar-refractivity contribution in [3.8, 4) is 11.5 Å². The number of carbonyl (C=O) groups is 3. The van der Waals surface area contributed by atoms with E-state index in [0.29, 0.717) is 18.7 Å². The maximum atomic E-state index is 12.9. The number of urea groups is 1. The number of imide groups is 1. The number of hydrogen-bond acceptors (Lipinski definition) is 7. The third-order valence-electron chi connectivity index (χ3n) is 6.45. The molecule has 3 heterocycles. The molecule has 178 valence electrons. The lowest BCUT2D eigenvalue weighted by atomic mass is 9.92. The van der Waals surface area contributed by atoms with E-state index in [1.807, 2.05) is 29.2 Å². The van der Waals surface area contributed by atoms with Crippen molar-refractivity contribution in [2.75, 3.05) is 39.5 Å². The zero-order valence-corrected chi connectivity index (χ0v) is 19.0. The predicted molar refractivity (Wildman–Crippen MR) is 122 cm³/mol. The molecule has 10 heteroatoms. The van der Waals surface area contributed by atoms with Crippen LogP contribution in [0.1, 0.15) is 18.1 Å². The second kappa shape index (κ2) is 8.96. The summed E-state index contributed by atoms with van der Waals surface area (Å²) in [6, 6.07) is 14.3. The number of nitrogens with zero attached hydrogens (tertiary/aromatic N) is 3. The van der Waals surface area contributed by atoms with Gasteiger partial charge in [0, 0.05) is 32.7 Å². The van der Waals surface area contributed by atoms with Gasteiger partial charge < -0.3 is 14.8 Å². The maximum Gasteiger partial charge on any atom is 0.344 e. The van der Waals surface area contributed by atoms with Crippen LogP contribution in [0.25, 0.3) is 0 Å². The van der Waals surface area contributed by atoms with E-state index in [4.69, 9.17) is 9.47 Å². The molecule has 0 aromatic heterocycles. The number of ether oxygens (including phenoxy) is 2. The molecule has 3 aliphatic rings. The van der Waals surface area contributed by atoms with Gasteiger partial charge in [0.15, 0.2) is 11.5 Å². The largest absolute Gasteiger partial charge is 0.454 e. The van der Waals surface area contributed by atoms with Crippen molar-refractivity contribution in [2.45, 2.75) is 19.0 Å². The summed E-state index contributed by atoms with van der Waals surface area (Å²) in [7, 11) is 0. The van der Waals surface area contributed by atoms with Crippen LogP contribution in [0, 0.1) is 0 Å². The number of amides is 4. The molecule has 0 spiro atoms. The van der Waals surface area contributed by atoms with Gasteiger partial charge in [0.2, 0.25) is 6.79 Å². The summed E-state index contributed by atoms with van der Waals surface area (Å²) >= 11 is 0. The molecule has 2 aromatic rings. The molecule has 4 amide bonds. The normalized spacial score (nSPS) is 22.7. The van der Waals surface area contributed by atoms with Crippen molar-refractivity contribution >= 4 is 17.8 Å². The van der Waals surface area contributed by atoms with Crippen LogP contribution < -0.4 is 20.2 Å². The van der Waals surface area contributed by atoms with E-state index < -0.39 is 23.4 Å². The fourth-order valence-electron chi connectivity index (χ4n) is 4.47. The number of rotatable bonds is 6. The summed E-state index contributed by atoms with van der Waals surface area (Å²) < 4.78 is 10.8. The Hall–Kier alpha value is -3.63. The molecule has 2 saturated heterocycles. The molecule has 34 heavy (non-hydrogen) atoms. The van der Waals surface area contributed by atoms with E-state index in [9.17, 15) is 14.4 Å². The Morgan fingerprint density at radius 2 is 1.71 bits per heavy atom. The summed E-state index contributed by atoms with van der Waals surface area (Å²) in [6.45, 7) is 5.81. The second-order valence-corrected chi connectivity index (χ2v) is 8.84. The lowest BCUT2D eigenvalue weighted by molar-refractivity contribution is -0.139. The number of nitrogens with one attached hydrogen (secondary N) is 2. The van der Waals surface area contributed by atoms with Crippen LogP contribution in [-0.2, 0) is 21.7 Å². The van der Waals surface area contributed by atoms with Gasteiger partial charge in [-0.1, -0.05) is 36.4 Å². The Morgan fingerprint density at radius 3 is 2.47 bits per heavy atom. The summed E-state index contributed by atoms with van der Waals surface area (Å²) in [4.78, 5) is 42.3. The van der Waals surface area contributed by atoms with Gasteiger partial charge in [0.25, 0.3) is 11.8 Å². The molecule has 2 N–H and O–H groups in total. The maximum absolute atomic E-state index is 12.9. The number of benzene rings is 2. The molecular formula is C24H27N5O5. The first-order valence-electron chi connectivity index (χ1n) is 11.3. The molecule has 0 saturated carbocycles. The average molecular weight is 466 g/mol. The smallest absolute Gasteiger partial charge is 0.344 e. The molecule has 0 bridgehead atoms. The van der Waals surface area contributed by atoms with E-state index >= 15 is 0 Å². The number of hydrogen-bond donors (Lipinski definition) is 2. The molecule has 0 radical (unpaired) electrons. The number of hydrazine groups is 1. The highest BCUT2D eigenvalue weighted by atomic mass is 16.7. The minimum atomic E-state index is -1.22. The SMILES string of the molecule is C[C@@]1(c2ccccc2)NC(=O)N(NC(=O)CN2CCN(Cc3ccc4c(c3)OCO4)CC2)C1=O. The molecule has 0 aliphatic carbocycles. The molecule has 1 atom stereocenters. The third-order valence-corrected chi connectivity index (χ3v) is 6.45. The number of fused-ring (bicyclic) bond motifs is 1. The Labute approximate surface area is 197 Å². The van der Waals surface area contributed by atoms with Crippen LogP contribution in [0.2, 0.25) is 0 Å². The summed E-state index contributed by atoms with van der Waals surface area (Å²) in [5.41, 5.74) is 3.07. The monoisotopic (exact) mass is 465 g/mol. The highest BCUT2D eigenvalue weighted by Crippen LogP contribution is 2.33. The first-order chi connectivity index (χ1) is 16.4. The van der Waals surface area contributed by atoms with E-state index in [1.54, 1.807) is 31.2 Å². The van der Waals surface area contributed by atoms with Gasteiger partial charge in [-0.2, -0.15) is 5.01 Å². The highest BCUT2D eigenvalue weighted by Gasteiger charge is 2.50. The van der Waals surface area contributed by atoms with E-state index in [1.165, 1.54) is 0 Å². The molecule has 5 rings (SSSR count). The van der Waals surface area contributed by atoms with Gasteiger partial charge in [-0.15, -0.1) is 0 Å². The van der Waals surface area contributed by atoms with Crippen molar-refractivity contribution in [1.29, 1.82) is 0 Å². The zero-order valence-electron chi connectivity index (χ0n) is 19.0. The van der Waals surface area contributed by atoms with Gasteiger partial charge in [0.1, 0.15) is 5.54 Å². The molecule has 3 aliphatic heterocycles. The zero-order chi connectivity index (χ0) is 23.7. The summed E-state index contributed by atoms with van der Waals surface area (Å²) in [5.74, 6) is 0.640. The molecular weight excluding hydrogens is 438 g/mol. The van der Waals surface area contributed by atoms with E-state index in [-0.39, 0.29) is 13.3 Å². The van der Waals surface area contributed by atoms with Crippen molar-refractivity contribution in [3.63, 3.8) is 0 Å². The van der Waals surface area contributed by atoms with Crippen molar-refractivity contribution in [3.05, 3.63) is 59.7 Å². The minimum Gasteiger partial charge on any atom is -0.454 e. The van der Waals surface area contributed by atoms with Crippen molar-refractivity contribution in [1.82, 2.24) is 25.6 Å². The fourth-order valence-corrected chi connectivity index (χ4v) is 4.47. The van der Waals surface area contributed by atoms with E-state index in [2.05, 4.69) is 15.6 Å². The quantitative estimate of drug-likeness (QED) is 0.615. The Balaban J connectivity index is 1.11. The number of piperazine rings is 1. The van der Waals surface area contributed by atoms with Gasteiger partial charge >= 0.3 is 6.03 Å². The Bertz CT molecular complexity index is 1100. The first-order valence-corrected chi connectivity index (χ1v) is 11.3. The topological polar surface area (TPSA) is 103 Å². The van der Waals surface area contributed by atoms with Crippen LogP contribution in [0.4, 0.5) is 4.79 Å². The molecule has 2 fully saturated rings. The number of carbonyl (C=O) groups excluding carboxylic acids is 3. The first kappa shape index (κ1) is 22.2. The third kappa shape index (κ3) is 4.29. The molecule has 10 nitrogen and oxygen atoms in total. The Morgan fingerprint density at radius 1 is 1.00 bits per heavy atom. The second-order valence-electron chi connectivity index (χ2n) is 8.84. The van der Waals surface area contributed by atoms with Gasteiger partial charge in [-0.25, -0.2) is 4.79 Å². The minimum absolute atomic E-state index is 0.108. The molecule has 2 aromatic carbocycles. The van der Waals surface area contributed by atoms with Crippen LogP contribution in [-0.4, -0.2) is 72.2 Å². The lowest BCUT2D eigenvalue weighted by Gasteiger charge is -2.34. The van der Waals surface area contributed by atoms with Crippen LogP contribution in [0.15, 0.2) is 48.5 Å². The van der Waals surface area contributed by atoms with Crippen molar-refractivity contribution in [2.24, 2.45) is 0 Å². The summed E-state index contributed by atoms with van der Waals surface area (Å²) in [5, 5.41) is 3.47. The van der Waals surface area contributed by atoms with Crippen LogP contribution in [0.5, 0.6) is 11.5 Å². The van der Waals surface area contributed by atoms with Crippen LogP contribution in [0.3, 0.4) is 0 Å². The standard InChI is InChI=1S/C24H27N5O5/c1-24(18-5-3-2-4-6-18)22(31)29(23(32)25-24)26-21(30)15-28-11-9-27(10-12-28)14-17-7-8-19-20(13-17)34-16-33-19/h2-8,13H,9-12,14-16H2,1H3,(H,25,32)(H,26,30)/t24-/m0/s1.